The van der Waals surface area contributed by atoms with Gasteiger partial charge in [0.05, 0.1) is 20.3 Å². The van der Waals surface area contributed by atoms with Gasteiger partial charge in [0.15, 0.2) is 11.5 Å². The van der Waals surface area contributed by atoms with Crippen molar-refractivity contribution >= 4 is 5.91 Å². The number of methoxy groups -OCH3 is 2. The van der Waals surface area contributed by atoms with Crippen LogP contribution in [0.15, 0.2) is 30.3 Å². The minimum atomic E-state index is -0.145. The molecule has 1 aliphatic heterocycles. The highest BCUT2D eigenvalue weighted by Gasteiger charge is 2.36. The molecule has 5 heteroatoms. The second-order valence-electron chi connectivity index (χ2n) is 9.17. The van der Waals surface area contributed by atoms with E-state index in [0.29, 0.717) is 18.9 Å². The van der Waals surface area contributed by atoms with E-state index in [2.05, 4.69) is 43.0 Å². The van der Waals surface area contributed by atoms with Crippen molar-refractivity contribution in [2.24, 2.45) is 5.92 Å². The molecule has 0 aromatic heterocycles. The lowest BCUT2D eigenvalue weighted by molar-refractivity contribution is -0.140. The van der Waals surface area contributed by atoms with E-state index in [1.54, 1.807) is 14.2 Å². The Morgan fingerprint density at radius 2 is 1.59 bits per heavy atom. The zero-order valence-corrected chi connectivity index (χ0v) is 19.8. The number of benzene rings is 2. The van der Waals surface area contributed by atoms with Gasteiger partial charge in [-0.25, -0.2) is 0 Å². The number of rotatable bonds is 6. The number of ether oxygens (including phenoxy) is 3. The van der Waals surface area contributed by atoms with Crippen molar-refractivity contribution in [2.45, 2.75) is 58.4 Å². The summed E-state index contributed by atoms with van der Waals surface area (Å²) in [6.07, 6.45) is 6.35. The number of amides is 1. The Balaban J connectivity index is 1.66. The van der Waals surface area contributed by atoms with Crippen LogP contribution in [0.4, 0.5) is 0 Å². The molecule has 32 heavy (non-hydrogen) atoms. The summed E-state index contributed by atoms with van der Waals surface area (Å²) in [5.41, 5.74) is 4.64. The van der Waals surface area contributed by atoms with Crippen molar-refractivity contribution in [1.82, 2.24) is 4.90 Å². The summed E-state index contributed by atoms with van der Waals surface area (Å²) < 4.78 is 17.4. The third kappa shape index (κ3) is 4.72. The number of fused-ring (bicyclic) bond motifs is 1. The predicted molar refractivity (Wildman–Crippen MR) is 126 cm³/mol. The number of aryl methyl sites for hydroxylation is 2. The standard InChI is InChI=1S/C27H35NO4/c1-18-12-19(2)14-22(13-18)32-17-24-23-16-26(31-4)25(30-3)15-21(23)10-11-28(24)27(29)20-8-6-5-7-9-20/h12-16,20,24H,5-11,17H2,1-4H3/t24-/m1/s1. The highest BCUT2D eigenvalue weighted by molar-refractivity contribution is 5.80. The fraction of sp³-hybridized carbons (Fsp3) is 0.519. The summed E-state index contributed by atoms with van der Waals surface area (Å²) in [5.74, 6) is 2.68. The van der Waals surface area contributed by atoms with Gasteiger partial charge in [-0.15, -0.1) is 0 Å². The fourth-order valence-corrected chi connectivity index (χ4v) is 5.25. The van der Waals surface area contributed by atoms with Crippen LogP contribution in [0.5, 0.6) is 17.2 Å². The molecule has 0 saturated heterocycles. The molecule has 0 unspecified atom stereocenters. The Morgan fingerprint density at radius 1 is 0.938 bits per heavy atom. The van der Waals surface area contributed by atoms with Crippen molar-refractivity contribution < 1.29 is 19.0 Å². The first kappa shape index (κ1) is 22.5. The number of nitrogens with zero attached hydrogens (tertiary/aromatic N) is 1. The van der Waals surface area contributed by atoms with Gasteiger partial charge in [0.1, 0.15) is 12.4 Å². The summed E-state index contributed by atoms with van der Waals surface area (Å²) in [4.78, 5) is 15.6. The van der Waals surface area contributed by atoms with Gasteiger partial charge in [-0.2, -0.15) is 0 Å². The van der Waals surface area contributed by atoms with E-state index < -0.39 is 0 Å². The molecule has 1 fully saturated rings. The van der Waals surface area contributed by atoms with E-state index in [4.69, 9.17) is 14.2 Å². The maximum Gasteiger partial charge on any atom is 0.226 e. The zero-order chi connectivity index (χ0) is 22.7. The molecular weight excluding hydrogens is 402 g/mol. The summed E-state index contributed by atoms with van der Waals surface area (Å²) >= 11 is 0. The molecule has 1 aliphatic carbocycles. The van der Waals surface area contributed by atoms with E-state index in [0.717, 1.165) is 49.2 Å². The van der Waals surface area contributed by atoms with Gasteiger partial charge in [-0.05, 0) is 79.6 Å². The van der Waals surface area contributed by atoms with Crippen LogP contribution in [0.25, 0.3) is 0 Å². The van der Waals surface area contributed by atoms with E-state index >= 15 is 0 Å². The molecule has 0 N–H and O–H groups in total. The van der Waals surface area contributed by atoms with E-state index in [-0.39, 0.29) is 17.9 Å². The average molecular weight is 438 g/mol. The van der Waals surface area contributed by atoms with Gasteiger partial charge in [0.2, 0.25) is 5.91 Å². The number of hydrogen-bond donors (Lipinski definition) is 0. The Kier molecular flexibility index (Phi) is 6.92. The normalized spacial score (nSPS) is 18.8. The molecule has 2 aromatic rings. The molecule has 0 radical (unpaired) electrons. The number of hydrogen-bond acceptors (Lipinski definition) is 4. The zero-order valence-electron chi connectivity index (χ0n) is 19.8. The van der Waals surface area contributed by atoms with Crippen LogP contribution in [0.2, 0.25) is 0 Å². The Hall–Kier alpha value is -2.69. The highest BCUT2D eigenvalue weighted by atomic mass is 16.5. The topological polar surface area (TPSA) is 48.0 Å². The van der Waals surface area contributed by atoms with Crippen molar-refractivity contribution in [1.29, 1.82) is 0 Å². The first-order valence-corrected chi connectivity index (χ1v) is 11.8. The molecular formula is C27H35NO4. The van der Waals surface area contributed by atoms with Gasteiger partial charge in [0.25, 0.3) is 0 Å². The van der Waals surface area contributed by atoms with Crippen LogP contribution >= 0.6 is 0 Å². The van der Waals surface area contributed by atoms with Gasteiger partial charge in [0, 0.05) is 12.5 Å². The SMILES string of the molecule is COc1cc2c(cc1OC)[C@@H](COc1cc(C)cc(C)c1)N(C(=O)C1CCCCC1)CC2. The van der Waals surface area contributed by atoms with E-state index in [1.165, 1.54) is 23.1 Å². The summed E-state index contributed by atoms with van der Waals surface area (Å²) in [6.45, 7) is 5.28. The van der Waals surface area contributed by atoms with Crippen molar-refractivity contribution in [3.8, 4) is 17.2 Å². The third-order valence-electron chi connectivity index (χ3n) is 6.84. The molecule has 1 heterocycles. The summed E-state index contributed by atoms with van der Waals surface area (Å²) in [5, 5.41) is 0. The smallest absolute Gasteiger partial charge is 0.226 e. The maximum absolute atomic E-state index is 13.6. The Bertz CT molecular complexity index is 944. The van der Waals surface area contributed by atoms with Crippen molar-refractivity contribution in [2.75, 3.05) is 27.4 Å². The van der Waals surface area contributed by atoms with Crippen LogP contribution < -0.4 is 14.2 Å². The van der Waals surface area contributed by atoms with Crippen LogP contribution in [-0.2, 0) is 11.2 Å². The molecule has 5 nitrogen and oxygen atoms in total. The molecule has 0 spiro atoms. The third-order valence-corrected chi connectivity index (χ3v) is 6.84. The monoisotopic (exact) mass is 437 g/mol. The quantitative estimate of drug-likeness (QED) is 0.607. The Morgan fingerprint density at radius 3 is 2.25 bits per heavy atom. The first-order valence-electron chi connectivity index (χ1n) is 11.8. The first-order chi connectivity index (χ1) is 15.5. The minimum absolute atomic E-state index is 0.133. The van der Waals surface area contributed by atoms with E-state index in [1.807, 2.05) is 6.07 Å². The molecule has 1 saturated carbocycles. The summed E-state index contributed by atoms with van der Waals surface area (Å²) in [6, 6.07) is 10.2. The highest BCUT2D eigenvalue weighted by Crippen LogP contribution is 2.40. The van der Waals surface area contributed by atoms with Crippen LogP contribution in [0.3, 0.4) is 0 Å². The van der Waals surface area contributed by atoms with Crippen molar-refractivity contribution in [3.63, 3.8) is 0 Å². The molecule has 2 aliphatic rings. The van der Waals surface area contributed by atoms with Crippen LogP contribution in [0.1, 0.15) is 60.4 Å². The van der Waals surface area contributed by atoms with Gasteiger partial charge in [-0.1, -0.05) is 25.3 Å². The molecule has 1 amide bonds. The molecule has 2 aromatic carbocycles. The van der Waals surface area contributed by atoms with Crippen LogP contribution in [0, 0.1) is 19.8 Å². The van der Waals surface area contributed by atoms with Gasteiger partial charge < -0.3 is 19.1 Å². The lowest BCUT2D eigenvalue weighted by Gasteiger charge is -2.40. The van der Waals surface area contributed by atoms with E-state index in [9.17, 15) is 4.79 Å². The minimum Gasteiger partial charge on any atom is -0.493 e. The molecule has 4 rings (SSSR count). The molecule has 0 bridgehead atoms. The van der Waals surface area contributed by atoms with Gasteiger partial charge in [-0.3, -0.25) is 4.79 Å². The number of carbonyl (C=O) groups is 1. The molecule has 1 atom stereocenters. The maximum atomic E-state index is 13.6. The average Bonchev–Trinajstić information content (AvgIpc) is 2.81. The predicted octanol–water partition coefficient (Wildman–Crippen LogP) is 5.41. The largest absolute Gasteiger partial charge is 0.493 e. The molecule has 172 valence electrons. The summed E-state index contributed by atoms with van der Waals surface area (Å²) in [7, 11) is 3.31. The van der Waals surface area contributed by atoms with Gasteiger partial charge >= 0.3 is 0 Å². The lowest BCUT2D eigenvalue weighted by Crippen LogP contribution is -2.45. The van der Waals surface area contributed by atoms with Crippen molar-refractivity contribution in [3.05, 3.63) is 52.6 Å². The second-order valence-corrected chi connectivity index (χ2v) is 9.17. The van der Waals surface area contributed by atoms with Crippen LogP contribution in [-0.4, -0.2) is 38.2 Å². The lowest BCUT2D eigenvalue weighted by atomic mass is 9.86. The second kappa shape index (κ2) is 9.85. The fourth-order valence-electron chi connectivity index (χ4n) is 5.25. The number of carbonyl (C=O) groups excluding carboxylic acids is 1. The Labute approximate surface area is 191 Å².